The largest absolute Gasteiger partial charge is 0.326 e. The SMILES string of the molecule is Sc1nc(Br)[nH]c1Br. The van der Waals surface area contributed by atoms with Crippen LogP contribution in [-0.2, 0) is 0 Å². The van der Waals surface area contributed by atoms with Gasteiger partial charge in [0.25, 0.3) is 0 Å². The van der Waals surface area contributed by atoms with Crippen LogP contribution >= 0.6 is 44.5 Å². The highest BCUT2D eigenvalue weighted by molar-refractivity contribution is 9.11. The molecule has 0 saturated carbocycles. The highest BCUT2D eigenvalue weighted by Gasteiger charge is 1.98. The monoisotopic (exact) mass is 256 g/mol. The Morgan fingerprint density at radius 2 is 2.12 bits per heavy atom. The average Bonchev–Trinajstić information content (AvgIpc) is 1.85. The molecule has 2 nitrogen and oxygen atoms in total. The summed E-state index contributed by atoms with van der Waals surface area (Å²) >= 11 is 10.3. The zero-order valence-corrected chi connectivity index (χ0v) is 7.72. The summed E-state index contributed by atoms with van der Waals surface area (Å²) in [5, 5.41) is 0.664. The summed E-state index contributed by atoms with van der Waals surface area (Å²) in [5.41, 5.74) is 0. The maximum absolute atomic E-state index is 4.00. The van der Waals surface area contributed by atoms with Gasteiger partial charge in [0.05, 0.1) is 0 Å². The van der Waals surface area contributed by atoms with Crippen molar-refractivity contribution < 1.29 is 0 Å². The lowest BCUT2D eigenvalue weighted by molar-refractivity contribution is 1.16. The topological polar surface area (TPSA) is 28.7 Å². The normalized spacial score (nSPS) is 9.88. The highest BCUT2D eigenvalue weighted by atomic mass is 79.9. The minimum Gasteiger partial charge on any atom is -0.326 e. The molecule has 1 N–H and O–H groups in total. The summed E-state index contributed by atoms with van der Waals surface area (Å²) in [6.07, 6.45) is 0. The van der Waals surface area contributed by atoms with Gasteiger partial charge < -0.3 is 4.98 Å². The van der Waals surface area contributed by atoms with Crippen molar-refractivity contribution in [2.75, 3.05) is 0 Å². The van der Waals surface area contributed by atoms with Gasteiger partial charge in [0, 0.05) is 0 Å². The van der Waals surface area contributed by atoms with Crippen molar-refractivity contribution in [2.24, 2.45) is 0 Å². The predicted molar refractivity (Wildman–Crippen MR) is 41.2 cm³/mol. The van der Waals surface area contributed by atoms with Crippen LogP contribution in [0.3, 0.4) is 0 Å². The van der Waals surface area contributed by atoms with Crippen LogP contribution in [0.4, 0.5) is 0 Å². The minimum absolute atomic E-state index is 0.664. The number of thiol groups is 1. The van der Waals surface area contributed by atoms with E-state index in [0.29, 0.717) is 9.76 Å². The molecule has 1 aromatic rings. The third-order valence-corrected chi connectivity index (χ3v) is 2.19. The summed E-state index contributed by atoms with van der Waals surface area (Å²) < 4.78 is 1.49. The van der Waals surface area contributed by atoms with Crippen LogP contribution in [0.15, 0.2) is 14.4 Å². The zero-order chi connectivity index (χ0) is 6.15. The van der Waals surface area contributed by atoms with Crippen molar-refractivity contribution in [3.05, 3.63) is 9.34 Å². The van der Waals surface area contributed by atoms with Crippen LogP contribution in [0.1, 0.15) is 0 Å². The molecule has 0 aromatic carbocycles. The second-order valence-electron chi connectivity index (χ2n) is 1.17. The van der Waals surface area contributed by atoms with Crippen LogP contribution < -0.4 is 0 Å². The Morgan fingerprint density at radius 3 is 2.25 bits per heavy atom. The number of nitrogens with zero attached hydrogens (tertiary/aromatic N) is 1. The van der Waals surface area contributed by atoms with Crippen molar-refractivity contribution in [1.29, 1.82) is 0 Å². The first kappa shape index (κ1) is 6.64. The van der Waals surface area contributed by atoms with E-state index in [0.717, 1.165) is 4.60 Å². The first-order valence-electron chi connectivity index (χ1n) is 1.80. The summed E-state index contributed by atoms with van der Waals surface area (Å²) in [6, 6.07) is 0. The quantitative estimate of drug-likeness (QED) is 0.686. The molecule has 5 heteroatoms. The molecule has 0 aliphatic rings. The van der Waals surface area contributed by atoms with E-state index in [-0.39, 0.29) is 0 Å². The van der Waals surface area contributed by atoms with Crippen molar-refractivity contribution in [2.45, 2.75) is 5.03 Å². The number of rotatable bonds is 0. The van der Waals surface area contributed by atoms with Crippen LogP contribution in [0, 0.1) is 0 Å². The van der Waals surface area contributed by atoms with E-state index < -0.39 is 0 Å². The van der Waals surface area contributed by atoms with Crippen molar-refractivity contribution in [3.63, 3.8) is 0 Å². The molecule has 0 atom stereocenters. The van der Waals surface area contributed by atoms with Crippen LogP contribution in [0.2, 0.25) is 0 Å². The maximum Gasteiger partial charge on any atom is 0.176 e. The molecule has 1 heterocycles. The zero-order valence-electron chi connectivity index (χ0n) is 3.65. The molecule has 0 fully saturated rings. The second kappa shape index (κ2) is 2.41. The number of halogens is 2. The summed E-state index contributed by atoms with van der Waals surface area (Å²) in [6.45, 7) is 0. The Hall–Kier alpha value is 0.520. The van der Waals surface area contributed by atoms with Crippen molar-refractivity contribution >= 4 is 44.5 Å². The molecule has 1 rings (SSSR count). The van der Waals surface area contributed by atoms with Gasteiger partial charge in [-0.3, -0.25) is 0 Å². The molecule has 0 aliphatic carbocycles. The Balaban J connectivity index is 3.14. The second-order valence-corrected chi connectivity index (χ2v) is 3.13. The third-order valence-electron chi connectivity index (χ3n) is 0.613. The van der Waals surface area contributed by atoms with E-state index in [1.807, 2.05) is 0 Å². The van der Waals surface area contributed by atoms with Gasteiger partial charge in [-0.15, -0.1) is 12.6 Å². The van der Waals surface area contributed by atoms with E-state index >= 15 is 0 Å². The average molecular weight is 258 g/mol. The number of aromatic amines is 1. The first-order valence-corrected chi connectivity index (χ1v) is 3.83. The molecule has 0 saturated heterocycles. The molecule has 44 valence electrons. The molecular weight excluding hydrogens is 256 g/mol. The van der Waals surface area contributed by atoms with Gasteiger partial charge in [0.2, 0.25) is 0 Å². The molecule has 0 radical (unpaired) electrons. The number of hydrogen-bond donors (Lipinski definition) is 2. The van der Waals surface area contributed by atoms with Gasteiger partial charge in [0.15, 0.2) is 4.73 Å². The molecular formula is C3H2Br2N2S. The molecule has 0 spiro atoms. The fraction of sp³-hybridized carbons (Fsp3) is 0. The fourth-order valence-electron chi connectivity index (χ4n) is 0.316. The molecule has 0 bridgehead atoms. The van der Waals surface area contributed by atoms with Gasteiger partial charge in [-0.05, 0) is 31.9 Å². The number of imidazole rings is 1. The summed E-state index contributed by atoms with van der Waals surface area (Å²) in [5.74, 6) is 0. The summed E-state index contributed by atoms with van der Waals surface area (Å²) in [7, 11) is 0. The van der Waals surface area contributed by atoms with Crippen molar-refractivity contribution in [3.8, 4) is 0 Å². The number of aromatic nitrogens is 2. The van der Waals surface area contributed by atoms with Crippen molar-refractivity contribution in [1.82, 2.24) is 9.97 Å². The Morgan fingerprint density at radius 1 is 1.50 bits per heavy atom. The molecule has 0 unspecified atom stereocenters. The lowest BCUT2D eigenvalue weighted by atomic mass is 10.9. The van der Waals surface area contributed by atoms with Crippen LogP contribution in [-0.4, -0.2) is 9.97 Å². The smallest absolute Gasteiger partial charge is 0.176 e. The van der Waals surface area contributed by atoms with E-state index in [2.05, 4.69) is 54.5 Å². The number of hydrogen-bond acceptors (Lipinski definition) is 2. The van der Waals surface area contributed by atoms with Gasteiger partial charge in [-0.25, -0.2) is 4.98 Å². The number of nitrogens with one attached hydrogen (secondary N) is 1. The Bertz CT molecular complexity index is 178. The van der Waals surface area contributed by atoms with E-state index in [1.54, 1.807) is 0 Å². The minimum atomic E-state index is 0.664. The van der Waals surface area contributed by atoms with Gasteiger partial charge >= 0.3 is 0 Å². The van der Waals surface area contributed by atoms with Crippen LogP contribution in [0.25, 0.3) is 0 Å². The third kappa shape index (κ3) is 1.27. The Kier molecular flexibility index (Phi) is 2.00. The van der Waals surface area contributed by atoms with E-state index in [4.69, 9.17) is 0 Å². The number of H-pyrrole nitrogens is 1. The van der Waals surface area contributed by atoms with Gasteiger partial charge in [-0.1, -0.05) is 0 Å². The molecule has 0 aliphatic heterocycles. The standard InChI is InChI=1S/C3H2Br2N2S/c4-1-2(8)7-3(5)6-1/h8H,(H,6,7). The van der Waals surface area contributed by atoms with E-state index in [1.165, 1.54) is 0 Å². The lowest BCUT2D eigenvalue weighted by Crippen LogP contribution is -1.60. The van der Waals surface area contributed by atoms with Gasteiger partial charge in [-0.2, -0.15) is 0 Å². The molecule has 0 amide bonds. The Labute approximate surface area is 68.8 Å². The summed E-state index contributed by atoms with van der Waals surface area (Å²) in [4.78, 5) is 6.74. The lowest BCUT2D eigenvalue weighted by Gasteiger charge is -1.75. The predicted octanol–water partition coefficient (Wildman–Crippen LogP) is 2.22. The molecule has 1 aromatic heterocycles. The highest BCUT2D eigenvalue weighted by Crippen LogP contribution is 2.19. The fourth-order valence-corrected chi connectivity index (χ4v) is 1.53. The van der Waals surface area contributed by atoms with E-state index in [9.17, 15) is 0 Å². The maximum atomic E-state index is 4.00. The first-order chi connectivity index (χ1) is 3.70. The van der Waals surface area contributed by atoms with Crippen LogP contribution in [0.5, 0.6) is 0 Å². The van der Waals surface area contributed by atoms with Gasteiger partial charge in [0.1, 0.15) is 9.63 Å². The molecule has 8 heavy (non-hydrogen) atoms.